The first-order valence-electron chi connectivity index (χ1n) is 8.34. The summed E-state index contributed by atoms with van der Waals surface area (Å²) in [5.74, 6) is -5.03. The Morgan fingerprint density at radius 1 is 0.893 bits per heavy atom. The Hall–Kier alpha value is -1.99. The number of thiol groups is 2. The predicted octanol–water partition coefficient (Wildman–Crippen LogP) is -2.76. The summed E-state index contributed by atoms with van der Waals surface area (Å²) < 4.78 is 0. The summed E-state index contributed by atoms with van der Waals surface area (Å²) in [6, 6.07) is -4.76. The van der Waals surface area contributed by atoms with E-state index in [4.69, 9.17) is 16.6 Å². The number of amides is 4. The third-order valence-electron chi connectivity index (χ3n) is 3.62. The molecule has 28 heavy (non-hydrogen) atoms. The first kappa shape index (κ1) is 26.0. The maximum Gasteiger partial charge on any atom is 0.326 e. The smallest absolute Gasteiger partial charge is 0.326 e. The molecule has 4 atom stereocenters. The molecule has 0 aromatic heterocycles. The minimum Gasteiger partial charge on any atom is -0.480 e. The monoisotopic (exact) mass is 437 g/mol. The van der Waals surface area contributed by atoms with Crippen LogP contribution in [0, 0.1) is 5.92 Å². The van der Waals surface area contributed by atoms with Gasteiger partial charge in [0.25, 0.3) is 0 Å². The average molecular weight is 438 g/mol. The van der Waals surface area contributed by atoms with Gasteiger partial charge < -0.3 is 32.5 Å². The molecule has 0 saturated heterocycles. The molecule has 0 aliphatic heterocycles. The Kier molecular flexibility index (Phi) is 11.6. The van der Waals surface area contributed by atoms with Crippen molar-refractivity contribution in [2.45, 2.75) is 44.4 Å². The van der Waals surface area contributed by atoms with E-state index in [-0.39, 0.29) is 11.5 Å². The zero-order chi connectivity index (χ0) is 22.0. The molecule has 0 spiro atoms. The second kappa shape index (κ2) is 12.5. The van der Waals surface area contributed by atoms with Gasteiger partial charge in [-0.05, 0) is 5.92 Å². The van der Waals surface area contributed by atoms with Crippen molar-refractivity contribution in [2.24, 2.45) is 17.4 Å². The molecule has 11 nitrogen and oxygen atoms in total. The Labute approximate surface area is 173 Å². The van der Waals surface area contributed by atoms with Crippen LogP contribution in [0.25, 0.3) is 0 Å². The van der Waals surface area contributed by atoms with E-state index in [2.05, 4.69) is 41.2 Å². The van der Waals surface area contributed by atoms with Crippen LogP contribution in [0.4, 0.5) is 0 Å². The summed E-state index contributed by atoms with van der Waals surface area (Å²) in [5.41, 5.74) is 10.6. The molecule has 4 amide bonds. The second-order valence-corrected chi connectivity index (χ2v) is 7.06. The first-order chi connectivity index (χ1) is 12.9. The number of aliphatic carboxylic acids is 1. The number of primary amides is 1. The fraction of sp³-hybridized carbons (Fsp3) is 0.667. The van der Waals surface area contributed by atoms with Gasteiger partial charge >= 0.3 is 5.97 Å². The minimum atomic E-state index is -1.43. The highest BCUT2D eigenvalue weighted by molar-refractivity contribution is 7.80. The van der Waals surface area contributed by atoms with Crippen LogP contribution >= 0.6 is 25.3 Å². The molecule has 0 aliphatic rings. The summed E-state index contributed by atoms with van der Waals surface area (Å²) in [5, 5.41) is 16.0. The number of hydrogen-bond donors (Lipinski definition) is 8. The quantitative estimate of drug-likeness (QED) is 0.151. The number of nitrogens with two attached hydrogens (primary N) is 2. The summed E-state index contributed by atoms with van der Waals surface area (Å²) in [7, 11) is 0. The van der Waals surface area contributed by atoms with Gasteiger partial charge in [-0.2, -0.15) is 25.3 Å². The van der Waals surface area contributed by atoms with Crippen LogP contribution in [-0.4, -0.2) is 70.4 Å². The molecule has 0 rings (SSSR count). The van der Waals surface area contributed by atoms with E-state index in [1.165, 1.54) is 0 Å². The zero-order valence-electron chi connectivity index (χ0n) is 15.5. The second-order valence-electron chi connectivity index (χ2n) is 6.33. The fourth-order valence-electron chi connectivity index (χ4n) is 2.01. The maximum atomic E-state index is 12.4. The first-order valence-corrected chi connectivity index (χ1v) is 9.60. The predicted molar refractivity (Wildman–Crippen MR) is 108 cm³/mol. The molecule has 0 radical (unpaired) electrons. The molecular weight excluding hydrogens is 410 g/mol. The summed E-state index contributed by atoms with van der Waals surface area (Å²) >= 11 is 7.86. The number of carbonyl (C=O) groups is 5. The van der Waals surface area contributed by atoms with E-state index in [1.807, 2.05) is 0 Å². The highest BCUT2D eigenvalue weighted by atomic mass is 32.1. The van der Waals surface area contributed by atoms with Gasteiger partial charge in [0.2, 0.25) is 23.6 Å². The highest BCUT2D eigenvalue weighted by Crippen LogP contribution is 2.04. The number of rotatable bonds is 12. The van der Waals surface area contributed by atoms with Crippen molar-refractivity contribution in [3.05, 3.63) is 0 Å². The Balaban J connectivity index is 5.26. The van der Waals surface area contributed by atoms with Gasteiger partial charge in [-0.3, -0.25) is 19.2 Å². The number of carboxylic acids is 1. The normalized spacial score (nSPS) is 15.1. The van der Waals surface area contributed by atoms with Gasteiger partial charge in [0, 0.05) is 11.5 Å². The summed E-state index contributed by atoms with van der Waals surface area (Å²) in [6.07, 6.45) is -0.564. The van der Waals surface area contributed by atoms with Crippen LogP contribution in [0.2, 0.25) is 0 Å². The molecule has 13 heteroatoms. The summed E-state index contributed by atoms with van der Waals surface area (Å²) in [6.45, 7) is 3.16. The molecule has 4 unspecified atom stereocenters. The van der Waals surface area contributed by atoms with Crippen molar-refractivity contribution in [3.63, 3.8) is 0 Å². The third-order valence-corrected chi connectivity index (χ3v) is 4.38. The molecule has 0 bridgehead atoms. The van der Waals surface area contributed by atoms with Crippen molar-refractivity contribution in [2.75, 3.05) is 11.5 Å². The number of nitrogens with one attached hydrogen (secondary N) is 3. The Morgan fingerprint density at radius 3 is 1.79 bits per heavy atom. The molecule has 8 N–H and O–H groups in total. The van der Waals surface area contributed by atoms with Crippen molar-refractivity contribution in [1.29, 1.82) is 0 Å². The topological polar surface area (TPSA) is 194 Å². The lowest BCUT2D eigenvalue weighted by molar-refractivity contribution is -0.143. The molecule has 0 saturated carbocycles. The fourth-order valence-corrected chi connectivity index (χ4v) is 2.43. The zero-order valence-corrected chi connectivity index (χ0v) is 17.3. The number of hydrogen-bond acceptors (Lipinski definition) is 8. The molecule has 0 aliphatic carbocycles. The lowest BCUT2D eigenvalue weighted by Gasteiger charge is -2.24. The number of carbonyl (C=O) groups excluding carboxylic acids is 4. The Morgan fingerprint density at radius 2 is 1.39 bits per heavy atom. The van der Waals surface area contributed by atoms with E-state index in [1.54, 1.807) is 13.8 Å². The van der Waals surface area contributed by atoms with Crippen LogP contribution in [0.15, 0.2) is 0 Å². The third kappa shape index (κ3) is 8.80. The van der Waals surface area contributed by atoms with E-state index < -0.39 is 66.1 Å². The van der Waals surface area contributed by atoms with Gasteiger partial charge in [0.1, 0.15) is 18.1 Å². The van der Waals surface area contributed by atoms with E-state index in [9.17, 15) is 24.0 Å². The van der Waals surface area contributed by atoms with Gasteiger partial charge in [0.15, 0.2) is 0 Å². The van der Waals surface area contributed by atoms with Crippen molar-refractivity contribution in [1.82, 2.24) is 16.0 Å². The maximum absolute atomic E-state index is 12.4. The van der Waals surface area contributed by atoms with Crippen LogP contribution < -0.4 is 27.4 Å². The van der Waals surface area contributed by atoms with E-state index >= 15 is 0 Å². The lowest BCUT2D eigenvalue weighted by Crippen LogP contribution is -2.58. The molecule has 0 aromatic carbocycles. The van der Waals surface area contributed by atoms with E-state index in [0.717, 1.165) is 0 Å². The van der Waals surface area contributed by atoms with Crippen LogP contribution in [0.1, 0.15) is 20.3 Å². The standard InChI is InChI=1S/C15H27N5O6S2/c1-6(2)11(15(25)26)20-13(23)8(3-10(17)21)18-14(24)9(5-28)19-12(22)7(16)4-27/h6-9,11,27-28H,3-5,16H2,1-2H3,(H2,17,21)(H,18,24)(H,19,22)(H,20,23)(H,25,26). The molecular formula is C15H27N5O6S2. The van der Waals surface area contributed by atoms with Crippen molar-refractivity contribution in [3.8, 4) is 0 Å². The van der Waals surface area contributed by atoms with Crippen LogP contribution in [0.3, 0.4) is 0 Å². The minimum absolute atomic E-state index is 0.0469. The van der Waals surface area contributed by atoms with E-state index in [0.29, 0.717) is 0 Å². The van der Waals surface area contributed by atoms with Gasteiger partial charge in [0.05, 0.1) is 12.5 Å². The molecule has 0 fully saturated rings. The molecule has 0 aromatic rings. The SMILES string of the molecule is CC(C)C(NC(=O)C(CC(N)=O)NC(=O)C(CS)NC(=O)C(N)CS)C(=O)O. The van der Waals surface area contributed by atoms with Gasteiger partial charge in [-0.15, -0.1) is 0 Å². The van der Waals surface area contributed by atoms with Crippen molar-refractivity contribution < 1.29 is 29.1 Å². The largest absolute Gasteiger partial charge is 0.480 e. The summed E-state index contributed by atoms with van der Waals surface area (Å²) in [4.78, 5) is 59.1. The van der Waals surface area contributed by atoms with Crippen LogP contribution in [-0.2, 0) is 24.0 Å². The lowest BCUT2D eigenvalue weighted by atomic mass is 10.0. The van der Waals surface area contributed by atoms with Gasteiger partial charge in [-0.25, -0.2) is 4.79 Å². The van der Waals surface area contributed by atoms with Crippen LogP contribution in [0.5, 0.6) is 0 Å². The molecule has 0 heterocycles. The average Bonchev–Trinajstić information content (AvgIpc) is 2.61. The van der Waals surface area contributed by atoms with Crippen molar-refractivity contribution >= 4 is 54.9 Å². The Bertz CT molecular complexity index is 603. The number of carboxylic acid groups (broad SMARTS) is 1. The molecule has 160 valence electrons. The van der Waals surface area contributed by atoms with Gasteiger partial charge in [-0.1, -0.05) is 13.8 Å². The highest BCUT2D eigenvalue weighted by Gasteiger charge is 2.31.